The molecule has 2 N–H and O–H groups in total. The van der Waals surface area contributed by atoms with Gasteiger partial charge in [-0.05, 0) is 61.5 Å². The monoisotopic (exact) mass is 402 g/mol. The first-order valence-electron chi connectivity index (χ1n) is 9.73. The summed E-state index contributed by atoms with van der Waals surface area (Å²) >= 11 is 0. The number of rotatable bonds is 5. The van der Waals surface area contributed by atoms with E-state index in [0.29, 0.717) is 11.5 Å². The Hall–Kier alpha value is -3.74. The third-order valence-corrected chi connectivity index (χ3v) is 4.94. The van der Waals surface area contributed by atoms with Gasteiger partial charge in [0.15, 0.2) is 0 Å². The van der Waals surface area contributed by atoms with E-state index in [-0.39, 0.29) is 30.1 Å². The van der Waals surface area contributed by atoms with Crippen LogP contribution in [0.2, 0.25) is 0 Å². The summed E-state index contributed by atoms with van der Waals surface area (Å²) in [6.45, 7) is 5.91. The Morgan fingerprint density at radius 3 is 2.67 bits per heavy atom. The van der Waals surface area contributed by atoms with Crippen LogP contribution in [0.15, 0.2) is 51.8 Å². The number of H-pyrrole nitrogens is 1. The van der Waals surface area contributed by atoms with Gasteiger partial charge in [0.2, 0.25) is 17.6 Å². The summed E-state index contributed by atoms with van der Waals surface area (Å²) in [6.07, 6.45) is 0.483. The zero-order valence-corrected chi connectivity index (χ0v) is 17.1. The van der Waals surface area contributed by atoms with Gasteiger partial charge in [-0.15, -0.1) is 0 Å². The van der Waals surface area contributed by atoms with E-state index in [1.165, 1.54) is 0 Å². The van der Waals surface area contributed by atoms with Gasteiger partial charge in [0, 0.05) is 24.0 Å². The summed E-state index contributed by atoms with van der Waals surface area (Å²) in [5, 5.41) is 7.73. The van der Waals surface area contributed by atoms with Crippen molar-refractivity contribution in [3.8, 4) is 11.4 Å². The molecule has 0 radical (unpaired) electrons. The number of aromatic nitrogens is 3. The molecule has 0 unspecified atom stereocenters. The number of aromatic amines is 1. The number of pyridine rings is 1. The maximum absolute atomic E-state index is 12.4. The van der Waals surface area contributed by atoms with Crippen LogP contribution in [0, 0.1) is 20.8 Å². The maximum Gasteiger partial charge on any atom is 0.259 e. The van der Waals surface area contributed by atoms with E-state index in [9.17, 15) is 9.59 Å². The quantitative estimate of drug-likeness (QED) is 0.524. The van der Waals surface area contributed by atoms with Gasteiger partial charge in [-0.1, -0.05) is 28.9 Å². The number of anilines is 1. The van der Waals surface area contributed by atoms with Crippen LogP contribution in [-0.2, 0) is 11.2 Å². The largest absolute Gasteiger partial charge is 0.339 e. The van der Waals surface area contributed by atoms with Gasteiger partial charge in [-0.25, -0.2) is 0 Å². The zero-order chi connectivity index (χ0) is 21.3. The van der Waals surface area contributed by atoms with Crippen LogP contribution in [0.4, 0.5) is 5.69 Å². The molecule has 4 aromatic rings. The molecule has 2 aromatic heterocycles. The number of fused-ring (bicyclic) bond motifs is 1. The average molecular weight is 402 g/mol. The molecule has 0 aliphatic rings. The molecule has 2 aromatic carbocycles. The third-order valence-electron chi connectivity index (χ3n) is 4.94. The van der Waals surface area contributed by atoms with Gasteiger partial charge in [0.1, 0.15) is 0 Å². The van der Waals surface area contributed by atoms with Crippen molar-refractivity contribution < 1.29 is 9.32 Å². The second kappa shape index (κ2) is 7.94. The van der Waals surface area contributed by atoms with Crippen LogP contribution in [0.3, 0.4) is 0 Å². The average Bonchev–Trinajstić information content (AvgIpc) is 3.18. The van der Waals surface area contributed by atoms with Crippen molar-refractivity contribution in [2.24, 2.45) is 0 Å². The number of hydrogen-bond acceptors (Lipinski definition) is 5. The van der Waals surface area contributed by atoms with Crippen molar-refractivity contribution in [3.05, 3.63) is 75.4 Å². The van der Waals surface area contributed by atoms with E-state index in [4.69, 9.17) is 4.52 Å². The van der Waals surface area contributed by atoms with Gasteiger partial charge in [0.25, 0.3) is 5.56 Å². The molecule has 0 bridgehead atoms. The normalized spacial score (nSPS) is 11.0. The first-order valence-corrected chi connectivity index (χ1v) is 9.73. The molecule has 0 saturated carbocycles. The molecule has 0 spiro atoms. The SMILES string of the molecule is Cc1ccc(C)c(NC(=O)CCc2nc(-c3cc4cc(C)ccc4[nH]c3=O)no2)c1. The summed E-state index contributed by atoms with van der Waals surface area (Å²) in [5.74, 6) is 0.386. The lowest BCUT2D eigenvalue weighted by molar-refractivity contribution is -0.116. The molecule has 1 amide bonds. The van der Waals surface area contributed by atoms with Crippen LogP contribution >= 0.6 is 0 Å². The maximum atomic E-state index is 12.4. The van der Waals surface area contributed by atoms with Crippen molar-refractivity contribution in [2.75, 3.05) is 5.32 Å². The predicted octanol–water partition coefficient (Wildman–Crippen LogP) is 4.07. The number of carbonyl (C=O) groups is 1. The minimum Gasteiger partial charge on any atom is -0.339 e. The van der Waals surface area contributed by atoms with E-state index in [2.05, 4.69) is 20.4 Å². The predicted molar refractivity (Wildman–Crippen MR) is 115 cm³/mol. The highest BCUT2D eigenvalue weighted by atomic mass is 16.5. The molecule has 0 aliphatic carbocycles. The zero-order valence-electron chi connectivity index (χ0n) is 17.1. The Morgan fingerprint density at radius 1 is 1.07 bits per heavy atom. The Bertz CT molecular complexity index is 1300. The van der Waals surface area contributed by atoms with Crippen LogP contribution in [-0.4, -0.2) is 21.0 Å². The fourth-order valence-electron chi connectivity index (χ4n) is 3.26. The molecule has 7 nitrogen and oxygen atoms in total. The molecule has 4 rings (SSSR count). The Labute approximate surface area is 173 Å². The number of amides is 1. The highest BCUT2D eigenvalue weighted by Gasteiger charge is 2.15. The third kappa shape index (κ3) is 4.15. The van der Waals surface area contributed by atoms with Gasteiger partial charge in [-0.3, -0.25) is 9.59 Å². The number of nitrogens with one attached hydrogen (secondary N) is 2. The molecule has 30 heavy (non-hydrogen) atoms. The van der Waals surface area contributed by atoms with Crippen molar-refractivity contribution in [3.63, 3.8) is 0 Å². The van der Waals surface area contributed by atoms with E-state index < -0.39 is 0 Å². The summed E-state index contributed by atoms with van der Waals surface area (Å²) in [5.41, 5.74) is 4.76. The van der Waals surface area contributed by atoms with Crippen LogP contribution in [0.1, 0.15) is 29.0 Å². The Kier molecular flexibility index (Phi) is 5.18. The lowest BCUT2D eigenvalue weighted by atomic mass is 10.1. The van der Waals surface area contributed by atoms with Crippen LogP contribution < -0.4 is 10.9 Å². The summed E-state index contributed by atoms with van der Waals surface area (Å²) < 4.78 is 5.26. The Morgan fingerprint density at radius 2 is 1.83 bits per heavy atom. The van der Waals surface area contributed by atoms with E-state index in [1.54, 1.807) is 6.07 Å². The van der Waals surface area contributed by atoms with Crippen molar-refractivity contribution in [2.45, 2.75) is 33.6 Å². The lowest BCUT2D eigenvalue weighted by Crippen LogP contribution is -2.13. The first kappa shape index (κ1) is 19.6. The molecule has 0 fully saturated rings. The fraction of sp³-hybridized carbons (Fsp3) is 0.217. The number of aryl methyl sites for hydroxylation is 4. The van der Waals surface area contributed by atoms with Gasteiger partial charge in [0.05, 0.1) is 5.56 Å². The standard InChI is InChI=1S/C23H22N4O3/c1-13-5-7-18-16(10-13)12-17(23(29)25-18)22-26-21(30-27-22)9-8-20(28)24-19-11-14(2)4-6-15(19)3/h4-7,10-12H,8-9H2,1-3H3,(H,24,28)(H,25,29). The summed E-state index contributed by atoms with van der Waals surface area (Å²) in [4.78, 5) is 31.9. The number of nitrogens with zero attached hydrogens (tertiary/aromatic N) is 2. The van der Waals surface area contributed by atoms with Crippen LogP contribution in [0.25, 0.3) is 22.3 Å². The van der Waals surface area contributed by atoms with E-state index in [1.807, 2.05) is 57.2 Å². The fourth-order valence-corrected chi connectivity index (χ4v) is 3.26. The topological polar surface area (TPSA) is 101 Å². The van der Waals surface area contributed by atoms with Gasteiger partial charge in [-0.2, -0.15) is 4.98 Å². The second-order valence-electron chi connectivity index (χ2n) is 7.48. The first-order chi connectivity index (χ1) is 14.4. The molecular formula is C23H22N4O3. The van der Waals surface area contributed by atoms with Crippen molar-refractivity contribution in [1.29, 1.82) is 0 Å². The molecule has 7 heteroatoms. The number of carbonyl (C=O) groups excluding carboxylic acids is 1. The smallest absolute Gasteiger partial charge is 0.259 e. The van der Waals surface area contributed by atoms with Crippen LogP contribution in [0.5, 0.6) is 0 Å². The minimum absolute atomic E-state index is 0.137. The molecule has 152 valence electrons. The van der Waals surface area contributed by atoms with Gasteiger partial charge >= 0.3 is 0 Å². The van der Waals surface area contributed by atoms with Crippen molar-refractivity contribution in [1.82, 2.24) is 15.1 Å². The molecule has 0 aliphatic heterocycles. The molecule has 0 atom stereocenters. The molecule has 0 saturated heterocycles. The van der Waals surface area contributed by atoms with Gasteiger partial charge < -0.3 is 14.8 Å². The summed E-state index contributed by atoms with van der Waals surface area (Å²) in [6, 6.07) is 13.4. The number of hydrogen-bond donors (Lipinski definition) is 2. The number of benzene rings is 2. The summed E-state index contributed by atoms with van der Waals surface area (Å²) in [7, 11) is 0. The highest BCUT2D eigenvalue weighted by molar-refractivity contribution is 5.91. The highest BCUT2D eigenvalue weighted by Crippen LogP contribution is 2.19. The lowest BCUT2D eigenvalue weighted by Gasteiger charge is -2.08. The van der Waals surface area contributed by atoms with E-state index in [0.717, 1.165) is 33.3 Å². The Balaban J connectivity index is 1.47. The minimum atomic E-state index is -0.286. The second-order valence-corrected chi connectivity index (χ2v) is 7.48. The molecular weight excluding hydrogens is 380 g/mol. The molecule has 2 heterocycles. The van der Waals surface area contributed by atoms with Crippen molar-refractivity contribution >= 4 is 22.5 Å². The van der Waals surface area contributed by atoms with E-state index >= 15 is 0 Å².